The van der Waals surface area contributed by atoms with Crippen LogP contribution in [0.3, 0.4) is 0 Å². The molecule has 4 nitrogen and oxygen atoms in total. The van der Waals surface area contributed by atoms with Gasteiger partial charge in [0.25, 0.3) is 0 Å². The first-order valence-electron chi connectivity index (χ1n) is 6.12. The zero-order valence-corrected chi connectivity index (χ0v) is 10.8. The molecule has 96 valence electrons. The molecule has 0 amide bonds. The fourth-order valence-corrected chi connectivity index (χ4v) is 2.87. The van der Waals surface area contributed by atoms with Gasteiger partial charge in [-0.1, -0.05) is 13.3 Å². The molecule has 0 aromatic carbocycles. The second kappa shape index (κ2) is 6.57. The molecule has 1 aliphatic rings. The van der Waals surface area contributed by atoms with Gasteiger partial charge in [0.2, 0.25) is 0 Å². The van der Waals surface area contributed by atoms with Gasteiger partial charge in [-0.25, -0.2) is 8.42 Å². The molecule has 1 saturated carbocycles. The number of hydrogen-bond acceptors (Lipinski definition) is 4. The van der Waals surface area contributed by atoms with Crippen molar-refractivity contribution in [2.45, 2.75) is 38.7 Å². The molecule has 0 saturated heterocycles. The Morgan fingerprint density at radius 1 is 1.38 bits per heavy atom. The van der Waals surface area contributed by atoms with Crippen molar-refractivity contribution in [3.63, 3.8) is 0 Å². The molecule has 0 radical (unpaired) electrons. The van der Waals surface area contributed by atoms with Gasteiger partial charge >= 0.3 is 0 Å². The van der Waals surface area contributed by atoms with Crippen molar-refractivity contribution in [3.8, 4) is 0 Å². The van der Waals surface area contributed by atoms with Gasteiger partial charge in [0.05, 0.1) is 11.9 Å². The summed E-state index contributed by atoms with van der Waals surface area (Å²) in [7, 11) is -2.85. The van der Waals surface area contributed by atoms with Crippen molar-refractivity contribution in [2.75, 3.05) is 24.6 Å². The van der Waals surface area contributed by atoms with E-state index < -0.39 is 9.84 Å². The Balaban J connectivity index is 2.11. The summed E-state index contributed by atoms with van der Waals surface area (Å²) in [6.07, 6.45) is 3.85. The molecule has 0 spiro atoms. The van der Waals surface area contributed by atoms with E-state index in [4.69, 9.17) is 0 Å². The fourth-order valence-electron chi connectivity index (χ4n) is 2.13. The zero-order chi connectivity index (χ0) is 12.0. The van der Waals surface area contributed by atoms with Crippen molar-refractivity contribution in [1.82, 2.24) is 5.32 Å². The highest BCUT2D eigenvalue weighted by Gasteiger charge is 2.19. The predicted molar refractivity (Wildman–Crippen MR) is 65.2 cm³/mol. The largest absolute Gasteiger partial charge is 0.393 e. The molecule has 0 aromatic heterocycles. The maximum absolute atomic E-state index is 11.2. The molecule has 2 N–H and O–H groups in total. The molecule has 0 aliphatic heterocycles. The third-order valence-corrected chi connectivity index (χ3v) is 4.92. The summed E-state index contributed by atoms with van der Waals surface area (Å²) in [6.45, 7) is 3.03. The summed E-state index contributed by atoms with van der Waals surface area (Å²) in [5, 5.41) is 12.7. The third kappa shape index (κ3) is 5.27. The SMILES string of the molecule is CCS(=O)(=O)CCNCC1CCCC(O)C1. The molecular weight excluding hydrogens is 226 g/mol. The first kappa shape index (κ1) is 13.9. The second-order valence-corrected chi connectivity index (χ2v) is 7.10. The highest BCUT2D eigenvalue weighted by Crippen LogP contribution is 2.23. The Labute approximate surface area is 98.4 Å². The number of aliphatic hydroxyl groups excluding tert-OH is 1. The minimum atomic E-state index is -2.85. The molecule has 0 aromatic rings. The summed E-state index contributed by atoms with van der Waals surface area (Å²) >= 11 is 0. The lowest BCUT2D eigenvalue weighted by molar-refractivity contribution is 0.101. The molecular formula is C11H23NO3S. The first-order chi connectivity index (χ1) is 7.53. The van der Waals surface area contributed by atoms with E-state index in [0.717, 1.165) is 32.2 Å². The molecule has 1 fully saturated rings. The first-order valence-corrected chi connectivity index (χ1v) is 7.95. The molecule has 5 heteroatoms. The lowest BCUT2D eigenvalue weighted by atomic mass is 9.87. The van der Waals surface area contributed by atoms with Crippen molar-refractivity contribution in [2.24, 2.45) is 5.92 Å². The maximum Gasteiger partial charge on any atom is 0.151 e. The summed E-state index contributed by atoms with van der Waals surface area (Å²) in [5.41, 5.74) is 0. The van der Waals surface area contributed by atoms with Crippen LogP contribution < -0.4 is 5.32 Å². The second-order valence-electron chi connectivity index (χ2n) is 4.63. The molecule has 1 aliphatic carbocycles. The van der Waals surface area contributed by atoms with Crippen LogP contribution in [0.1, 0.15) is 32.6 Å². The lowest BCUT2D eigenvalue weighted by Crippen LogP contribution is -2.32. The van der Waals surface area contributed by atoms with E-state index in [9.17, 15) is 13.5 Å². The van der Waals surface area contributed by atoms with Crippen LogP contribution in [0.25, 0.3) is 0 Å². The van der Waals surface area contributed by atoms with E-state index in [1.54, 1.807) is 6.92 Å². The molecule has 2 atom stereocenters. The summed E-state index contributed by atoms with van der Waals surface area (Å²) in [6, 6.07) is 0. The Bertz CT molecular complexity index is 290. The smallest absolute Gasteiger partial charge is 0.151 e. The minimum absolute atomic E-state index is 0.153. The highest BCUT2D eigenvalue weighted by atomic mass is 32.2. The number of aliphatic hydroxyl groups is 1. The normalized spacial score (nSPS) is 26.9. The van der Waals surface area contributed by atoms with Gasteiger partial charge in [-0.15, -0.1) is 0 Å². The summed E-state index contributed by atoms with van der Waals surface area (Å²) in [4.78, 5) is 0. The van der Waals surface area contributed by atoms with E-state index >= 15 is 0 Å². The quantitative estimate of drug-likeness (QED) is 0.675. The number of nitrogens with one attached hydrogen (secondary N) is 1. The van der Waals surface area contributed by atoms with Crippen LogP contribution in [-0.4, -0.2) is 44.2 Å². The van der Waals surface area contributed by atoms with Gasteiger partial charge in [-0.05, 0) is 31.7 Å². The monoisotopic (exact) mass is 249 g/mol. The average Bonchev–Trinajstić information content (AvgIpc) is 2.25. The van der Waals surface area contributed by atoms with Crippen LogP contribution in [0, 0.1) is 5.92 Å². The standard InChI is InChI=1S/C11H23NO3S/c1-2-16(14,15)7-6-12-9-10-4-3-5-11(13)8-10/h10-13H,2-9H2,1H3. The number of sulfone groups is 1. The van der Waals surface area contributed by atoms with Crippen LogP contribution in [0.5, 0.6) is 0 Å². The number of hydrogen-bond donors (Lipinski definition) is 2. The summed E-state index contributed by atoms with van der Waals surface area (Å²) < 4.78 is 22.4. The van der Waals surface area contributed by atoms with Crippen molar-refractivity contribution in [3.05, 3.63) is 0 Å². The van der Waals surface area contributed by atoms with E-state index in [2.05, 4.69) is 5.32 Å². The Hall–Kier alpha value is -0.130. The van der Waals surface area contributed by atoms with Gasteiger partial charge in [0.15, 0.2) is 9.84 Å². The molecule has 0 bridgehead atoms. The number of rotatable bonds is 6. The van der Waals surface area contributed by atoms with Gasteiger partial charge < -0.3 is 10.4 Å². The molecule has 2 unspecified atom stereocenters. The van der Waals surface area contributed by atoms with Crippen LogP contribution in [-0.2, 0) is 9.84 Å². The van der Waals surface area contributed by atoms with Crippen LogP contribution >= 0.6 is 0 Å². The minimum Gasteiger partial charge on any atom is -0.393 e. The van der Waals surface area contributed by atoms with Gasteiger partial charge in [0.1, 0.15) is 0 Å². The van der Waals surface area contributed by atoms with E-state index in [1.807, 2.05) is 0 Å². The topological polar surface area (TPSA) is 66.4 Å². The van der Waals surface area contributed by atoms with Gasteiger partial charge in [-0.2, -0.15) is 0 Å². The van der Waals surface area contributed by atoms with Gasteiger partial charge in [-0.3, -0.25) is 0 Å². The van der Waals surface area contributed by atoms with Crippen molar-refractivity contribution >= 4 is 9.84 Å². The third-order valence-electron chi connectivity index (χ3n) is 3.22. The van der Waals surface area contributed by atoms with E-state index in [0.29, 0.717) is 12.5 Å². The van der Waals surface area contributed by atoms with Crippen molar-refractivity contribution < 1.29 is 13.5 Å². The predicted octanol–water partition coefficient (Wildman–Crippen LogP) is 0.562. The Kier molecular flexibility index (Phi) is 5.72. The van der Waals surface area contributed by atoms with Gasteiger partial charge in [0, 0.05) is 12.3 Å². The highest BCUT2D eigenvalue weighted by molar-refractivity contribution is 7.91. The van der Waals surface area contributed by atoms with Crippen LogP contribution in [0.2, 0.25) is 0 Å². The average molecular weight is 249 g/mol. The summed E-state index contributed by atoms with van der Waals surface area (Å²) in [5.74, 6) is 0.948. The van der Waals surface area contributed by atoms with E-state index in [1.165, 1.54) is 0 Å². The Morgan fingerprint density at radius 3 is 2.75 bits per heavy atom. The molecule has 1 rings (SSSR count). The fraction of sp³-hybridized carbons (Fsp3) is 1.00. The maximum atomic E-state index is 11.2. The van der Waals surface area contributed by atoms with E-state index in [-0.39, 0.29) is 17.6 Å². The van der Waals surface area contributed by atoms with Crippen LogP contribution in [0.4, 0.5) is 0 Å². The zero-order valence-electron chi connectivity index (χ0n) is 9.98. The Morgan fingerprint density at radius 2 is 2.12 bits per heavy atom. The van der Waals surface area contributed by atoms with Crippen LogP contribution in [0.15, 0.2) is 0 Å². The molecule has 16 heavy (non-hydrogen) atoms. The lowest BCUT2D eigenvalue weighted by Gasteiger charge is -2.25. The molecule has 0 heterocycles. The van der Waals surface area contributed by atoms with Crippen molar-refractivity contribution in [1.29, 1.82) is 0 Å².